The monoisotopic (exact) mass is 166 g/mol. The van der Waals surface area contributed by atoms with Crippen molar-refractivity contribution in [2.45, 2.75) is 26.9 Å². The van der Waals surface area contributed by atoms with E-state index in [4.69, 9.17) is 0 Å². The van der Waals surface area contributed by atoms with Gasteiger partial charge in [-0.3, -0.25) is 9.13 Å². The molecule has 3 nitrogen and oxygen atoms in total. The lowest BCUT2D eigenvalue weighted by Crippen LogP contribution is -2.23. The highest BCUT2D eigenvalue weighted by Crippen LogP contribution is 1.92. The van der Waals surface area contributed by atoms with Gasteiger partial charge in [0.15, 0.2) is 0 Å². The van der Waals surface area contributed by atoms with E-state index in [1.807, 2.05) is 13.8 Å². The summed E-state index contributed by atoms with van der Waals surface area (Å²) in [4.78, 5) is 11.4. The summed E-state index contributed by atoms with van der Waals surface area (Å²) in [6.07, 6.45) is 3.59. The first-order valence-corrected chi connectivity index (χ1v) is 4.05. The van der Waals surface area contributed by atoms with E-state index in [9.17, 15) is 4.79 Å². The van der Waals surface area contributed by atoms with Crippen molar-refractivity contribution in [2.75, 3.05) is 0 Å². The quantitative estimate of drug-likeness (QED) is 0.621. The highest BCUT2D eigenvalue weighted by Gasteiger charge is 1.99. The summed E-state index contributed by atoms with van der Waals surface area (Å²) in [6.45, 7) is 8.96. The number of nitrogens with zero attached hydrogens (tertiary/aromatic N) is 2. The minimum absolute atomic E-state index is 0.0421. The molecule has 0 saturated carbocycles. The van der Waals surface area contributed by atoms with E-state index in [2.05, 4.69) is 6.58 Å². The highest BCUT2D eigenvalue weighted by atomic mass is 16.1. The molecule has 0 radical (unpaired) electrons. The Morgan fingerprint density at radius 2 is 2.08 bits per heavy atom. The lowest BCUT2D eigenvalue weighted by Gasteiger charge is -1.98. The van der Waals surface area contributed by atoms with Gasteiger partial charge in [-0.2, -0.15) is 0 Å². The standard InChI is InChI=1S/C9H14N2O/c1-4-10-5-6-11(9(10)12)7-8(2)3/h5-6H,2,4,7H2,1,3H3. The SMILES string of the molecule is C=C(C)Cn1ccn(CC)c1=O. The number of hydrogen-bond acceptors (Lipinski definition) is 1. The molecule has 0 N–H and O–H groups in total. The van der Waals surface area contributed by atoms with Crippen LogP contribution in [0.3, 0.4) is 0 Å². The maximum atomic E-state index is 11.4. The summed E-state index contributed by atoms with van der Waals surface area (Å²) in [5.41, 5.74) is 1.03. The average molecular weight is 166 g/mol. The van der Waals surface area contributed by atoms with Gasteiger partial charge in [-0.05, 0) is 13.8 Å². The molecule has 0 aliphatic carbocycles. The number of imidazole rings is 1. The third kappa shape index (κ3) is 1.67. The van der Waals surface area contributed by atoms with Gasteiger partial charge in [0.05, 0.1) is 0 Å². The van der Waals surface area contributed by atoms with Gasteiger partial charge in [0.2, 0.25) is 0 Å². The predicted molar refractivity (Wildman–Crippen MR) is 49.2 cm³/mol. The molecular weight excluding hydrogens is 152 g/mol. The van der Waals surface area contributed by atoms with Crippen LogP contribution in [0.15, 0.2) is 29.3 Å². The minimum atomic E-state index is 0.0421. The molecule has 12 heavy (non-hydrogen) atoms. The molecule has 0 fully saturated rings. The molecule has 1 rings (SSSR count). The van der Waals surface area contributed by atoms with Crippen LogP contribution in [0.2, 0.25) is 0 Å². The van der Waals surface area contributed by atoms with E-state index >= 15 is 0 Å². The van der Waals surface area contributed by atoms with E-state index < -0.39 is 0 Å². The van der Waals surface area contributed by atoms with E-state index in [0.29, 0.717) is 6.54 Å². The Labute approximate surface area is 71.9 Å². The zero-order valence-corrected chi connectivity index (χ0v) is 7.58. The average Bonchev–Trinajstić information content (AvgIpc) is 2.32. The molecule has 0 aliphatic heterocycles. The molecular formula is C9H14N2O. The summed E-state index contributed by atoms with van der Waals surface area (Å²) in [7, 11) is 0. The molecule has 0 spiro atoms. The van der Waals surface area contributed by atoms with Gasteiger partial charge >= 0.3 is 5.69 Å². The molecule has 1 aromatic heterocycles. The third-order valence-corrected chi connectivity index (χ3v) is 1.70. The number of aryl methyl sites for hydroxylation is 1. The van der Waals surface area contributed by atoms with Gasteiger partial charge < -0.3 is 0 Å². The zero-order chi connectivity index (χ0) is 9.14. The van der Waals surface area contributed by atoms with Crippen LogP contribution in [0.5, 0.6) is 0 Å². The second kappa shape index (κ2) is 3.43. The Kier molecular flexibility index (Phi) is 2.53. The maximum Gasteiger partial charge on any atom is 0.328 e. The molecule has 66 valence electrons. The van der Waals surface area contributed by atoms with Gasteiger partial charge in [0, 0.05) is 25.5 Å². The predicted octanol–water partition coefficient (Wildman–Crippen LogP) is 1.25. The van der Waals surface area contributed by atoms with Crippen LogP contribution in [0.25, 0.3) is 0 Å². The topological polar surface area (TPSA) is 26.9 Å². The molecule has 0 unspecified atom stereocenters. The van der Waals surface area contributed by atoms with Crippen molar-refractivity contribution in [3.63, 3.8) is 0 Å². The normalized spacial score (nSPS) is 10.2. The van der Waals surface area contributed by atoms with Crippen LogP contribution >= 0.6 is 0 Å². The van der Waals surface area contributed by atoms with Crippen LogP contribution in [0.4, 0.5) is 0 Å². The molecule has 0 aliphatic rings. The van der Waals surface area contributed by atoms with E-state index in [1.54, 1.807) is 21.5 Å². The Hall–Kier alpha value is -1.25. The third-order valence-electron chi connectivity index (χ3n) is 1.70. The molecule has 0 amide bonds. The van der Waals surface area contributed by atoms with Crippen LogP contribution in [-0.2, 0) is 13.1 Å². The fourth-order valence-corrected chi connectivity index (χ4v) is 1.11. The molecule has 1 aromatic rings. The van der Waals surface area contributed by atoms with Crippen LogP contribution < -0.4 is 5.69 Å². The van der Waals surface area contributed by atoms with Crippen LogP contribution in [0.1, 0.15) is 13.8 Å². The van der Waals surface area contributed by atoms with Gasteiger partial charge in [-0.1, -0.05) is 12.2 Å². The van der Waals surface area contributed by atoms with Crippen molar-refractivity contribution in [3.8, 4) is 0 Å². The van der Waals surface area contributed by atoms with Crippen molar-refractivity contribution in [1.29, 1.82) is 0 Å². The van der Waals surface area contributed by atoms with Gasteiger partial charge in [0.1, 0.15) is 0 Å². The van der Waals surface area contributed by atoms with Crippen molar-refractivity contribution in [1.82, 2.24) is 9.13 Å². The largest absolute Gasteiger partial charge is 0.328 e. The summed E-state index contributed by atoms with van der Waals surface area (Å²) in [5, 5.41) is 0. The van der Waals surface area contributed by atoms with Crippen molar-refractivity contribution < 1.29 is 0 Å². The molecule has 0 atom stereocenters. The lowest BCUT2D eigenvalue weighted by molar-refractivity contribution is 0.665. The lowest BCUT2D eigenvalue weighted by atomic mass is 10.3. The van der Waals surface area contributed by atoms with Crippen molar-refractivity contribution >= 4 is 0 Å². The first-order chi connectivity index (χ1) is 5.65. The first-order valence-electron chi connectivity index (χ1n) is 4.05. The van der Waals surface area contributed by atoms with Crippen LogP contribution in [-0.4, -0.2) is 9.13 Å². The molecule has 0 bridgehead atoms. The number of aromatic nitrogens is 2. The molecule has 0 saturated heterocycles. The van der Waals surface area contributed by atoms with E-state index in [1.165, 1.54) is 0 Å². The van der Waals surface area contributed by atoms with Crippen molar-refractivity contribution in [3.05, 3.63) is 35.0 Å². The number of rotatable bonds is 3. The summed E-state index contributed by atoms with van der Waals surface area (Å²) < 4.78 is 3.33. The number of hydrogen-bond donors (Lipinski definition) is 0. The fraction of sp³-hybridized carbons (Fsp3) is 0.444. The van der Waals surface area contributed by atoms with E-state index in [-0.39, 0.29) is 5.69 Å². The van der Waals surface area contributed by atoms with Crippen molar-refractivity contribution in [2.24, 2.45) is 0 Å². The van der Waals surface area contributed by atoms with Crippen LogP contribution in [0, 0.1) is 0 Å². The Bertz CT molecular complexity index is 333. The zero-order valence-electron chi connectivity index (χ0n) is 7.58. The maximum absolute atomic E-state index is 11.4. The summed E-state index contributed by atoms with van der Waals surface area (Å²) in [5.74, 6) is 0. The Balaban J connectivity index is 2.95. The van der Waals surface area contributed by atoms with Gasteiger partial charge in [-0.15, -0.1) is 0 Å². The fourth-order valence-electron chi connectivity index (χ4n) is 1.11. The Morgan fingerprint density at radius 3 is 2.50 bits per heavy atom. The smallest absolute Gasteiger partial charge is 0.300 e. The van der Waals surface area contributed by atoms with Gasteiger partial charge in [-0.25, -0.2) is 4.79 Å². The highest BCUT2D eigenvalue weighted by molar-refractivity contribution is 4.92. The molecule has 0 aromatic carbocycles. The second-order valence-corrected chi connectivity index (χ2v) is 2.95. The molecule has 1 heterocycles. The van der Waals surface area contributed by atoms with Gasteiger partial charge in [0.25, 0.3) is 0 Å². The number of allylic oxidation sites excluding steroid dienone is 1. The summed E-state index contributed by atoms with van der Waals surface area (Å²) in [6, 6.07) is 0. The van der Waals surface area contributed by atoms with E-state index in [0.717, 1.165) is 12.1 Å². The minimum Gasteiger partial charge on any atom is -0.300 e. The Morgan fingerprint density at radius 1 is 1.50 bits per heavy atom. The molecule has 3 heteroatoms. The second-order valence-electron chi connectivity index (χ2n) is 2.95. The first kappa shape index (κ1) is 8.84. The summed E-state index contributed by atoms with van der Waals surface area (Å²) >= 11 is 0.